The number of nitrogens with zero attached hydrogens (tertiary/aromatic N) is 1. The first-order valence-electron chi connectivity index (χ1n) is 17.7. The SMILES string of the molecule is c1ccc(-c2cccc(N(c3ccc4ccc(-c5cccc(-c6ccc7ccccc7c6)c5)cc4c3)c3ccc4c(c3)oc3ccccc34)c2)cc1. The van der Waals surface area contributed by atoms with Gasteiger partial charge in [0, 0.05) is 33.9 Å². The molecule has 0 unspecified atom stereocenters. The normalized spacial score (nSPS) is 11.5. The zero-order chi connectivity index (χ0) is 34.4. The lowest BCUT2D eigenvalue weighted by Crippen LogP contribution is -2.10. The minimum atomic E-state index is 0.872. The van der Waals surface area contributed by atoms with Crippen LogP contribution in [0.1, 0.15) is 0 Å². The van der Waals surface area contributed by atoms with Crippen molar-refractivity contribution < 1.29 is 4.42 Å². The monoisotopic (exact) mass is 663 g/mol. The molecular weight excluding hydrogens is 631 g/mol. The third-order valence-electron chi connectivity index (χ3n) is 10.2. The molecule has 0 N–H and O–H groups in total. The lowest BCUT2D eigenvalue weighted by Gasteiger charge is -2.26. The molecule has 0 aliphatic heterocycles. The molecule has 0 bridgehead atoms. The Morgan fingerprint density at radius 3 is 1.63 bits per heavy atom. The van der Waals surface area contributed by atoms with Crippen molar-refractivity contribution in [3.05, 3.63) is 200 Å². The molecule has 10 aromatic rings. The first kappa shape index (κ1) is 30.0. The number of hydrogen-bond donors (Lipinski definition) is 0. The maximum Gasteiger partial charge on any atom is 0.137 e. The van der Waals surface area contributed by atoms with Crippen molar-refractivity contribution >= 4 is 60.5 Å². The third-order valence-corrected chi connectivity index (χ3v) is 10.2. The fraction of sp³-hybridized carbons (Fsp3) is 0. The van der Waals surface area contributed by atoms with E-state index >= 15 is 0 Å². The molecule has 52 heavy (non-hydrogen) atoms. The van der Waals surface area contributed by atoms with E-state index in [0.29, 0.717) is 0 Å². The van der Waals surface area contributed by atoms with Gasteiger partial charge in [-0.25, -0.2) is 0 Å². The van der Waals surface area contributed by atoms with Crippen molar-refractivity contribution in [1.29, 1.82) is 0 Å². The van der Waals surface area contributed by atoms with Gasteiger partial charge in [-0.15, -0.1) is 0 Å². The van der Waals surface area contributed by atoms with Crippen LogP contribution in [0.25, 0.3) is 76.9 Å². The number of para-hydroxylation sites is 1. The van der Waals surface area contributed by atoms with Gasteiger partial charge in [-0.3, -0.25) is 0 Å². The fourth-order valence-corrected chi connectivity index (χ4v) is 7.56. The van der Waals surface area contributed by atoms with Gasteiger partial charge in [-0.05, 0) is 116 Å². The van der Waals surface area contributed by atoms with Crippen LogP contribution in [0.5, 0.6) is 0 Å². The summed E-state index contributed by atoms with van der Waals surface area (Å²) >= 11 is 0. The smallest absolute Gasteiger partial charge is 0.137 e. The summed E-state index contributed by atoms with van der Waals surface area (Å²) in [5.74, 6) is 0. The predicted octanol–water partition coefficient (Wildman–Crippen LogP) is 14.4. The van der Waals surface area contributed by atoms with Crippen molar-refractivity contribution in [2.24, 2.45) is 0 Å². The zero-order valence-electron chi connectivity index (χ0n) is 28.4. The molecule has 0 saturated heterocycles. The molecule has 1 heterocycles. The summed E-state index contributed by atoms with van der Waals surface area (Å²) in [7, 11) is 0. The first-order valence-corrected chi connectivity index (χ1v) is 17.7. The average Bonchev–Trinajstić information content (AvgIpc) is 3.59. The third kappa shape index (κ3) is 5.39. The first-order chi connectivity index (χ1) is 25.7. The number of benzene rings is 9. The van der Waals surface area contributed by atoms with E-state index in [1.54, 1.807) is 0 Å². The molecule has 10 rings (SSSR count). The molecule has 244 valence electrons. The Morgan fingerprint density at radius 1 is 0.269 bits per heavy atom. The van der Waals surface area contributed by atoms with Crippen molar-refractivity contribution in [2.45, 2.75) is 0 Å². The van der Waals surface area contributed by atoms with Gasteiger partial charge < -0.3 is 9.32 Å². The van der Waals surface area contributed by atoms with Crippen molar-refractivity contribution in [3.8, 4) is 33.4 Å². The van der Waals surface area contributed by atoms with Crippen LogP contribution < -0.4 is 4.90 Å². The van der Waals surface area contributed by atoms with Crippen LogP contribution in [0, 0.1) is 0 Å². The van der Waals surface area contributed by atoms with Gasteiger partial charge in [0.15, 0.2) is 0 Å². The Bertz CT molecular complexity index is 2920. The molecule has 2 heteroatoms. The highest BCUT2D eigenvalue weighted by Crippen LogP contribution is 2.41. The molecule has 0 aliphatic rings. The molecule has 0 aliphatic carbocycles. The van der Waals surface area contributed by atoms with E-state index in [1.165, 1.54) is 54.9 Å². The standard InChI is InChI=1S/C50H33NO/c1-2-10-34(11-3-1)40-16-9-17-44(31-40)51(46-26-27-48-47-18-6-7-19-49(47)52-50(48)33-46)45-25-24-36-21-23-42(30-43(36)32-45)39-15-8-14-38(29-39)41-22-20-35-12-4-5-13-37(35)28-41/h1-33H. The van der Waals surface area contributed by atoms with Gasteiger partial charge in [0.05, 0.1) is 0 Å². The molecule has 9 aromatic carbocycles. The van der Waals surface area contributed by atoms with Gasteiger partial charge in [0.1, 0.15) is 11.2 Å². The van der Waals surface area contributed by atoms with Crippen LogP contribution in [0.3, 0.4) is 0 Å². The van der Waals surface area contributed by atoms with E-state index in [1.807, 2.05) is 12.1 Å². The molecule has 1 aromatic heterocycles. The summed E-state index contributed by atoms with van der Waals surface area (Å²) in [5.41, 5.74) is 12.1. The molecule has 0 spiro atoms. The summed E-state index contributed by atoms with van der Waals surface area (Å²) < 4.78 is 6.38. The number of fused-ring (bicyclic) bond motifs is 5. The van der Waals surface area contributed by atoms with Crippen LogP contribution in [0.4, 0.5) is 17.1 Å². The molecule has 0 saturated carbocycles. The highest BCUT2D eigenvalue weighted by molar-refractivity contribution is 6.06. The summed E-state index contributed by atoms with van der Waals surface area (Å²) in [4.78, 5) is 2.34. The van der Waals surface area contributed by atoms with Gasteiger partial charge in [-0.1, -0.05) is 133 Å². The summed E-state index contributed by atoms with van der Waals surface area (Å²) in [6.45, 7) is 0. The van der Waals surface area contributed by atoms with E-state index in [4.69, 9.17) is 4.42 Å². The lowest BCUT2D eigenvalue weighted by atomic mass is 9.96. The van der Waals surface area contributed by atoms with E-state index in [2.05, 4.69) is 193 Å². The summed E-state index contributed by atoms with van der Waals surface area (Å²) in [6, 6.07) is 71.8. The van der Waals surface area contributed by atoms with Crippen LogP contribution >= 0.6 is 0 Å². The highest BCUT2D eigenvalue weighted by Gasteiger charge is 2.17. The van der Waals surface area contributed by atoms with Crippen LogP contribution in [0.2, 0.25) is 0 Å². The van der Waals surface area contributed by atoms with Crippen LogP contribution in [-0.4, -0.2) is 0 Å². The quantitative estimate of drug-likeness (QED) is 0.176. The maximum atomic E-state index is 6.38. The van der Waals surface area contributed by atoms with Gasteiger partial charge in [0.2, 0.25) is 0 Å². The summed E-state index contributed by atoms with van der Waals surface area (Å²) in [5, 5.41) is 7.13. The minimum absolute atomic E-state index is 0.872. The molecule has 0 amide bonds. The largest absolute Gasteiger partial charge is 0.456 e. The second kappa shape index (κ2) is 12.5. The maximum absolute atomic E-state index is 6.38. The van der Waals surface area contributed by atoms with Crippen molar-refractivity contribution in [2.75, 3.05) is 4.90 Å². The molecule has 0 atom stereocenters. The number of furan rings is 1. The Labute approximate surface area is 302 Å². The Hall–Kier alpha value is -6.90. The Morgan fingerprint density at radius 2 is 0.808 bits per heavy atom. The average molecular weight is 664 g/mol. The molecule has 0 radical (unpaired) electrons. The molecular formula is C50H33NO. The Kier molecular flexibility index (Phi) is 7.18. The van der Waals surface area contributed by atoms with Gasteiger partial charge in [0.25, 0.3) is 0 Å². The Balaban J connectivity index is 1.09. The lowest BCUT2D eigenvalue weighted by molar-refractivity contribution is 0.669. The number of anilines is 3. The van der Waals surface area contributed by atoms with E-state index < -0.39 is 0 Å². The van der Waals surface area contributed by atoms with Crippen LogP contribution in [-0.2, 0) is 0 Å². The molecule has 0 fully saturated rings. The topological polar surface area (TPSA) is 16.4 Å². The second-order valence-corrected chi connectivity index (χ2v) is 13.4. The predicted molar refractivity (Wildman–Crippen MR) is 220 cm³/mol. The van der Waals surface area contributed by atoms with Gasteiger partial charge >= 0.3 is 0 Å². The number of hydrogen-bond acceptors (Lipinski definition) is 2. The highest BCUT2D eigenvalue weighted by atomic mass is 16.3. The second-order valence-electron chi connectivity index (χ2n) is 13.4. The van der Waals surface area contributed by atoms with Crippen molar-refractivity contribution in [1.82, 2.24) is 0 Å². The van der Waals surface area contributed by atoms with E-state index in [0.717, 1.165) is 39.0 Å². The van der Waals surface area contributed by atoms with E-state index in [-0.39, 0.29) is 0 Å². The van der Waals surface area contributed by atoms with Crippen molar-refractivity contribution in [3.63, 3.8) is 0 Å². The van der Waals surface area contributed by atoms with Crippen LogP contribution in [0.15, 0.2) is 205 Å². The number of rotatable bonds is 6. The van der Waals surface area contributed by atoms with E-state index in [9.17, 15) is 0 Å². The summed E-state index contributed by atoms with van der Waals surface area (Å²) in [6.07, 6.45) is 0. The molecule has 2 nitrogen and oxygen atoms in total. The zero-order valence-corrected chi connectivity index (χ0v) is 28.4. The van der Waals surface area contributed by atoms with Gasteiger partial charge in [-0.2, -0.15) is 0 Å². The minimum Gasteiger partial charge on any atom is -0.456 e. The fourth-order valence-electron chi connectivity index (χ4n) is 7.56.